The van der Waals surface area contributed by atoms with Crippen molar-refractivity contribution in [2.45, 2.75) is 19.8 Å². The smallest absolute Gasteiger partial charge is 0.128 e. The number of nitrogens with zero attached hydrogens (tertiary/aromatic N) is 1. The summed E-state index contributed by atoms with van der Waals surface area (Å²) in [7, 11) is 0. The van der Waals surface area contributed by atoms with Crippen LogP contribution in [0.15, 0.2) is 42.5 Å². The van der Waals surface area contributed by atoms with E-state index in [2.05, 4.69) is 30.0 Å². The number of rotatable bonds is 3. The lowest BCUT2D eigenvalue weighted by atomic mass is 9.92. The van der Waals surface area contributed by atoms with E-state index in [0.717, 1.165) is 24.2 Å². The van der Waals surface area contributed by atoms with Gasteiger partial charge in [-0.2, -0.15) is 0 Å². The third-order valence-electron chi connectivity index (χ3n) is 4.12. The fourth-order valence-electron chi connectivity index (χ4n) is 3.22. The van der Waals surface area contributed by atoms with Gasteiger partial charge in [0.15, 0.2) is 0 Å². The zero-order valence-electron chi connectivity index (χ0n) is 12.3. The second kappa shape index (κ2) is 5.86. The normalized spacial score (nSPS) is 17.7. The number of fused-ring (bicyclic) bond motifs is 1. The van der Waals surface area contributed by atoms with Crippen molar-refractivity contribution >= 4 is 11.4 Å². The number of para-hydroxylation sites is 1. The van der Waals surface area contributed by atoms with Crippen molar-refractivity contribution < 1.29 is 4.39 Å². The van der Waals surface area contributed by atoms with Gasteiger partial charge in [-0.25, -0.2) is 4.39 Å². The van der Waals surface area contributed by atoms with E-state index in [-0.39, 0.29) is 5.82 Å². The Labute approximate surface area is 125 Å². The summed E-state index contributed by atoms with van der Waals surface area (Å²) < 4.78 is 14.2. The lowest BCUT2D eigenvalue weighted by Gasteiger charge is -2.36. The molecule has 1 aliphatic heterocycles. The quantitative estimate of drug-likeness (QED) is 0.932. The molecule has 2 nitrogen and oxygen atoms in total. The summed E-state index contributed by atoms with van der Waals surface area (Å²) in [6, 6.07) is 13.7. The van der Waals surface area contributed by atoms with Crippen LogP contribution in [0.5, 0.6) is 0 Å². The molecule has 1 heterocycles. The van der Waals surface area contributed by atoms with Crippen LogP contribution in [0.25, 0.3) is 0 Å². The Kier molecular flexibility index (Phi) is 3.93. The van der Waals surface area contributed by atoms with Crippen LogP contribution in [0, 0.1) is 11.7 Å². The first-order valence-corrected chi connectivity index (χ1v) is 7.53. The number of hydrogen-bond donors (Lipinski definition) is 1. The molecule has 1 atom stereocenters. The predicted octanol–water partition coefficient (Wildman–Crippen LogP) is 3.66. The molecule has 0 aromatic heterocycles. The van der Waals surface area contributed by atoms with Gasteiger partial charge in [0.1, 0.15) is 5.82 Å². The standard InChI is InChI=1S/C18H21FN2/c1-13-11-14-5-2-3-7-17(14)21(12-13)18-8-4-6-16(19)15(18)9-10-20/h2-8,13H,9-12,20H2,1H3. The van der Waals surface area contributed by atoms with E-state index in [9.17, 15) is 4.39 Å². The maximum Gasteiger partial charge on any atom is 0.128 e. The molecule has 2 N–H and O–H groups in total. The van der Waals surface area contributed by atoms with Gasteiger partial charge in [0.2, 0.25) is 0 Å². The molecule has 0 saturated carbocycles. The van der Waals surface area contributed by atoms with Crippen molar-refractivity contribution in [1.29, 1.82) is 0 Å². The minimum atomic E-state index is -0.159. The second-order valence-corrected chi connectivity index (χ2v) is 5.82. The molecule has 110 valence electrons. The highest BCUT2D eigenvalue weighted by Gasteiger charge is 2.24. The van der Waals surface area contributed by atoms with Crippen LogP contribution in [0.3, 0.4) is 0 Å². The Morgan fingerprint density at radius 1 is 1.14 bits per heavy atom. The average molecular weight is 284 g/mol. The molecule has 2 aromatic rings. The molecule has 1 aliphatic rings. The van der Waals surface area contributed by atoms with E-state index in [1.165, 1.54) is 17.3 Å². The van der Waals surface area contributed by atoms with Gasteiger partial charge in [0, 0.05) is 23.5 Å². The number of anilines is 2. The van der Waals surface area contributed by atoms with Crippen molar-refractivity contribution in [1.82, 2.24) is 0 Å². The third kappa shape index (κ3) is 2.66. The zero-order chi connectivity index (χ0) is 14.8. The maximum absolute atomic E-state index is 14.2. The molecule has 0 radical (unpaired) electrons. The average Bonchev–Trinajstić information content (AvgIpc) is 2.48. The lowest BCUT2D eigenvalue weighted by molar-refractivity contribution is 0.558. The summed E-state index contributed by atoms with van der Waals surface area (Å²) in [4.78, 5) is 2.25. The topological polar surface area (TPSA) is 29.3 Å². The molecule has 0 spiro atoms. The van der Waals surface area contributed by atoms with Crippen molar-refractivity contribution in [3.05, 3.63) is 59.4 Å². The highest BCUT2D eigenvalue weighted by molar-refractivity contribution is 5.70. The molecule has 3 heteroatoms. The minimum Gasteiger partial charge on any atom is -0.341 e. The lowest BCUT2D eigenvalue weighted by Crippen LogP contribution is -2.31. The van der Waals surface area contributed by atoms with Crippen LogP contribution in [-0.2, 0) is 12.8 Å². The van der Waals surface area contributed by atoms with Crippen molar-refractivity contribution in [3.63, 3.8) is 0 Å². The predicted molar refractivity (Wildman–Crippen MR) is 85.5 cm³/mol. The first kappa shape index (κ1) is 14.1. The van der Waals surface area contributed by atoms with Gasteiger partial charge in [-0.05, 0) is 49.1 Å². The summed E-state index contributed by atoms with van der Waals surface area (Å²) >= 11 is 0. The number of benzene rings is 2. The van der Waals surface area contributed by atoms with Gasteiger partial charge in [-0.15, -0.1) is 0 Å². The van der Waals surface area contributed by atoms with E-state index >= 15 is 0 Å². The molecule has 0 fully saturated rings. The summed E-state index contributed by atoms with van der Waals surface area (Å²) in [5, 5.41) is 0. The van der Waals surface area contributed by atoms with Crippen molar-refractivity contribution in [2.75, 3.05) is 18.0 Å². The molecule has 0 saturated heterocycles. The van der Waals surface area contributed by atoms with E-state index < -0.39 is 0 Å². The molecule has 21 heavy (non-hydrogen) atoms. The molecular formula is C18H21FN2. The Bertz CT molecular complexity index is 639. The van der Waals surface area contributed by atoms with E-state index in [1.54, 1.807) is 6.07 Å². The third-order valence-corrected chi connectivity index (χ3v) is 4.12. The summed E-state index contributed by atoms with van der Waals surface area (Å²) in [6.07, 6.45) is 1.64. The molecule has 2 aromatic carbocycles. The monoisotopic (exact) mass is 284 g/mol. The highest BCUT2D eigenvalue weighted by Crippen LogP contribution is 2.37. The van der Waals surface area contributed by atoms with E-state index in [4.69, 9.17) is 5.73 Å². The van der Waals surface area contributed by atoms with Gasteiger partial charge in [-0.3, -0.25) is 0 Å². The zero-order valence-corrected chi connectivity index (χ0v) is 12.3. The molecule has 1 unspecified atom stereocenters. The van der Waals surface area contributed by atoms with Gasteiger partial charge < -0.3 is 10.6 Å². The fraction of sp³-hybridized carbons (Fsp3) is 0.333. The van der Waals surface area contributed by atoms with Gasteiger partial charge in [0.25, 0.3) is 0 Å². The van der Waals surface area contributed by atoms with Crippen LogP contribution in [-0.4, -0.2) is 13.1 Å². The second-order valence-electron chi connectivity index (χ2n) is 5.82. The van der Waals surface area contributed by atoms with Gasteiger partial charge in [-0.1, -0.05) is 31.2 Å². The molecule has 0 aliphatic carbocycles. The molecule has 3 rings (SSSR count). The Morgan fingerprint density at radius 3 is 2.71 bits per heavy atom. The van der Waals surface area contributed by atoms with E-state index in [0.29, 0.717) is 18.9 Å². The van der Waals surface area contributed by atoms with Gasteiger partial charge in [0.05, 0.1) is 0 Å². The summed E-state index contributed by atoms with van der Waals surface area (Å²) in [5.41, 5.74) is 9.87. The SMILES string of the molecule is CC1Cc2ccccc2N(c2cccc(F)c2CCN)C1. The molecule has 0 amide bonds. The number of halogens is 1. The van der Waals surface area contributed by atoms with Gasteiger partial charge >= 0.3 is 0 Å². The first-order valence-electron chi connectivity index (χ1n) is 7.53. The molecule has 0 bridgehead atoms. The number of hydrogen-bond acceptors (Lipinski definition) is 2. The van der Waals surface area contributed by atoms with Crippen LogP contribution < -0.4 is 10.6 Å². The largest absolute Gasteiger partial charge is 0.341 e. The fourth-order valence-corrected chi connectivity index (χ4v) is 3.22. The summed E-state index contributed by atoms with van der Waals surface area (Å²) in [6.45, 7) is 3.61. The van der Waals surface area contributed by atoms with Crippen molar-refractivity contribution in [2.24, 2.45) is 11.7 Å². The van der Waals surface area contributed by atoms with Crippen molar-refractivity contribution in [3.8, 4) is 0 Å². The summed E-state index contributed by atoms with van der Waals surface area (Å²) in [5.74, 6) is 0.391. The highest BCUT2D eigenvalue weighted by atomic mass is 19.1. The minimum absolute atomic E-state index is 0.159. The first-order chi connectivity index (χ1) is 10.2. The Balaban J connectivity index is 2.11. The van der Waals surface area contributed by atoms with Crippen LogP contribution in [0.2, 0.25) is 0 Å². The number of nitrogens with two attached hydrogens (primary N) is 1. The van der Waals surface area contributed by atoms with Crippen LogP contribution in [0.1, 0.15) is 18.1 Å². The van der Waals surface area contributed by atoms with Crippen LogP contribution >= 0.6 is 0 Å². The molecular weight excluding hydrogens is 263 g/mol. The Morgan fingerprint density at radius 2 is 1.90 bits per heavy atom. The maximum atomic E-state index is 14.2. The van der Waals surface area contributed by atoms with E-state index in [1.807, 2.05) is 12.1 Å². The Hall–Kier alpha value is -1.87. The van der Waals surface area contributed by atoms with Crippen LogP contribution in [0.4, 0.5) is 15.8 Å².